The van der Waals surface area contributed by atoms with Crippen molar-refractivity contribution in [3.8, 4) is 11.5 Å². The molecule has 2 aromatic carbocycles. The predicted molar refractivity (Wildman–Crippen MR) is 94.1 cm³/mol. The van der Waals surface area contributed by atoms with Crippen LogP contribution in [0.1, 0.15) is 34.8 Å². The molecule has 0 heterocycles. The first-order chi connectivity index (χ1) is 12.0. The van der Waals surface area contributed by atoms with Crippen LogP contribution in [0.25, 0.3) is 0 Å². The second kappa shape index (κ2) is 8.87. The molecule has 0 saturated carbocycles. The molecule has 25 heavy (non-hydrogen) atoms. The lowest BCUT2D eigenvalue weighted by atomic mass is 10.1. The van der Waals surface area contributed by atoms with Gasteiger partial charge >= 0.3 is 11.9 Å². The Hall–Kier alpha value is -2.82. The molecule has 5 nitrogen and oxygen atoms in total. The number of carbonyl (C=O) groups excluding carboxylic acids is 2. The highest BCUT2D eigenvalue weighted by Crippen LogP contribution is 2.22. The lowest BCUT2D eigenvalue weighted by Gasteiger charge is -2.11. The molecule has 0 spiro atoms. The van der Waals surface area contributed by atoms with Gasteiger partial charge in [-0.25, -0.2) is 9.59 Å². The van der Waals surface area contributed by atoms with Crippen molar-refractivity contribution in [2.24, 2.45) is 0 Å². The number of esters is 2. The summed E-state index contributed by atoms with van der Waals surface area (Å²) in [4.78, 5) is 23.8. The number of hydrogen-bond donors (Lipinski definition) is 0. The Balaban J connectivity index is 1.95. The van der Waals surface area contributed by atoms with Gasteiger partial charge in [0.15, 0.2) is 6.61 Å². The summed E-state index contributed by atoms with van der Waals surface area (Å²) in [6.07, 6.45) is 0.746. The molecule has 0 radical (unpaired) electrons. The van der Waals surface area contributed by atoms with Crippen LogP contribution in [0.4, 0.5) is 0 Å². The van der Waals surface area contributed by atoms with Gasteiger partial charge in [0.1, 0.15) is 11.5 Å². The summed E-state index contributed by atoms with van der Waals surface area (Å²) in [7, 11) is 0. The van der Waals surface area contributed by atoms with Crippen molar-refractivity contribution in [3.05, 3.63) is 59.2 Å². The highest BCUT2D eigenvalue weighted by molar-refractivity contribution is 5.90. The van der Waals surface area contributed by atoms with E-state index < -0.39 is 11.9 Å². The average molecular weight is 342 g/mol. The van der Waals surface area contributed by atoms with Gasteiger partial charge in [0.25, 0.3) is 0 Å². The first-order valence-electron chi connectivity index (χ1n) is 8.18. The molecule has 132 valence electrons. The van der Waals surface area contributed by atoms with Gasteiger partial charge in [-0.1, -0.05) is 31.2 Å². The van der Waals surface area contributed by atoms with Gasteiger partial charge in [-0.05, 0) is 49.6 Å². The standard InChI is InChI=1S/C20H22O5/c1-4-11-23-20(22)16-9-6-10-17(12-16)25-18(21)13-24-19-14(2)7-5-8-15(19)3/h5-10,12H,4,11,13H2,1-3H3. The number of para-hydroxylation sites is 1. The third-order valence-electron chi connectivity index (χ3n) is 3.48. The fourth-order valence-corrected chi connectivity index (χ4v) is 2.28. The van der Waals surface area contributed by atoms with E-state index in [1.807, 2.05) is 39.0 Å². The summed E-state index contributed by atoms with van der Waals surface area (Å²) >= 11 is 0. The summed E-state index contributed by atoms with van der Waals surface area (Å²) in [5.41, 5.74) is 2.25. The Kier molecular flexibility index (Phi) is 6.57. The second-order valence-electron chi connectivity index (χ2n) is 5.65. The van der Waals surface area contributed by atoms with E-state index in [1.54, 1.807) is 18.2 Å². The maximum absolute atomic E-state index is 12.0. The summed E-state index contributed by atoms with van der Waals surface area (Å²) in [5, 5.41) is 0. The lowest BCUT2D eigenvalue weighted by Crippen LogP contribution is -2.18. The Labute approximate surface area is 147 Å². The monoisotopic (exact) mass is 342 g/mol. The quantitative estimate of drug-likeness (QED) is 0.565. The second-order valence-corrected chi connectivity index (χ2v) is 5.65. The zero-order chi connectivity index (χ0) is 18.2. The Morgan fingerprint density at radius 2 is 1.68 bits per heavy atom. The van der Waals surface area contributed by atoms with Crippen molar-refractivity contribution in [2.45, 2.75) is 27.2 Å². The van der Waals surface area contributed by atoms with Crippen LogP contribution in [0.5, 0.6) is 11.5 Å². The molecular formula is C20H22O5. The molecular weight excluding hydrogens is 320 g/mol. The van der Waals surface area contributed by atoms with Crippen molar-refractivity contribution in [2.75, 3.05) is 13.2 Å². The van der Waals surface area contributed by atoms with Gasteiger partial charge < -0.3 is 14.2 Å². The zero-order valence-electron chi connectivity index (χ0n) is 14.7. The van der Waals surface area contributed by atoms with Gasteiger partial charge in [0.05, 0.1) is 12.2 Å². The SMILES string of the molecule is CCCOC(=O)c1cccc(OC(=O)COc2c(C)cccc2C)c1. The summed E-state index contributed by atoms with van der Waals surface area (Å²) < 4.78 is 15.9. The largest absolute Gasteiger partial charge is 0.481 e. The van der Waals surface area contributed by atoms with Crippen LogP contribution in [0.2, 0.25) is 0 Å². The van der Waals surface area contributed by atoms with E-state index in [0.717, 1.165) is 17.5 Å². The number of hydrogen-bond acceptors (Lipinski definition) is 5. The van der Waals surface area contributed by atoms with Gasteiger partial charge in [-0.2, -0.15) is 0 Å². The normalized spacial score (nSPS) is 10.2. The van der Waals surface area contributed by atoms with Crippen molar-refractivity contribution >= 4 is 11.9 Å². The minimum atomic E-state index is -0.540. The first-order valence-corrected chi connectivity index (χ1v) is 8.18. The highest BCUT2D eigenvalue weighted by atomic mass is 16.6. The third kappa shape index (κ3) is 5.35. The van der Waals surface area contributed by atoms with Gasteiger partial charge in [-0.15, -0.1) is 0 Å². The van der Waals surface area contributed by atoms with Gasteiger partial charge in [0.2, 0.25) is 0 Å². The molecule has 0 aliphatic heterocycles. The molecule has 0 fully saturated rings. The van der Waals surface area contributed by atoms with Crippen molar-refractivity contribution < 1.29 is 23.8 Å². The Morgan fingerprint density at radius 1 is 1.00 bits per heavy atom. The molecule has 5 heteroatoms. The predicted octanol–water partition coefficient (Wildman–Crippen LogP) is 3.85. The minimum Gasteiger partial charge on any atom is -0.481 e. The number of ether oxygens (including phenoxy) is 3. The molecule has 0 bridgehead atoms. The summed E-state index contributed by atoms with van der Waals surface area (Å²) in [6, 6.07) is 12.1. The topological polar surface area (TPSA) is 61.8 Å². The van der Waals surface area contributed by atoms with Crippen LogP contribution in [-0.4, -0.2) is 25.2 Å². The maximum Gasteiger partial charge on any atom is 0.349 e. The molecule has 2 rings (SSSR count). The van der Waals surface area contributed by atoms with E-state index in [1.165, 1.54) is 6.07 Å². The van der Waals surface area contributed by atoms with E-state index >= 15 is 0 Å². The van der Waals surface area contributed by atoms with Crippen molar-refractivity contribution in [3.63, 3.8) is 0 Å². The molecule has 0 N–H and O–H groups in total. The lowest BCUT2D eigenvalue weighted by molar-refractivity contribution is -0.136. The van der Waals surface area contributed by atoms with E-state index in [-0.39, 0.29) is 12.4 Å². The number of aryl methyl sites for hydroxylation is 2. The van der Waals surface area contributed by atoms with E-state index in [2.05, 4.69) is 0 Å². The molecule has 0 aliphatic rings. The van der Waals surface area contributed by atoms with Crippen molar-refractivity contribution in [1.29, 1.82) is 0 Å². The molecule has 0 aliphatic carbocycles. The van der Waals surface area contributed by atoms with Crippen molar-refractivity contribution in [1.82, 2.24) is 0 Å². The first kappa shape index (κ1) is 18.5. The van der Waals surface area contributed by atoms with Crippen LogP contribution in [0, 0.1) is 13.8 Å². The molecule has 2 aromatic rings. The average Bonchev–Trinajstić information content (AvgIpc) is 2.59. The smallest absolute Gasteiger partial charge is 0.349 e. The molecule has 0 aromatic heterocycles. The van der Waals surface area contributed by atoms with E-state index in [0.29, 0.717) is 17.9 Å². The van der Waals surface area contributed by atoms with Crippen LogP contribution < -0.4 is 9.47 Å². The Morgan fingerprint density at radius 3 is 2.36 bits per heavy atom. The van der Waals surface area contributed by atoms with Crippen LogP contribution in [0.15, 0.2) is 42.5 Å². The zero-order valence-corrected chi connectivity index (χ0v) is 14.7. The third-order valence-corrected chi connectivity index (χ3v) is 3.48. The number of benzene rings is 2. The highest BCUT2D eigenvalue weighted by Gasteiger charge is 2.12. The molecule has 0 atom stereocenters. The minimum absolute atomic E-state index is 0.212. The molecule has 0 amide bonds. The van der Waals surface area contributed by atoms with E-state index in [4.69, 9.17) is 14.2 Å². The number of carbonyl (C=O) groups is 2. The Bertz CT molecular complexity index is 731. The van der Waals surface area contributed by atoms with Crippen LogP contribution in [-0.2, 0) is 9.53 Å². The summed E-state index contributed by atoms with van der Waals surface area (Å²) in [5.74, 6) is -0.0225. The fraction of sp³-hybridized carbons (Fsp3) is 0.300. The number of rotatable bonds is 7. The molecule has 0 saturated heterocycles. The van der Waals surface area contributed by atoms with Crippen LogP contribution >= 0.6 is 0 Å². The maximum atomic E-state index is 12.0. The van der Waals surface area contributed by atoms with Crippen LogP contribution in [0.3, 0.4) is 0 Å². The molecule has 0 unspecified atom stereocenters. The summed E-state index contributed by atoms with van der Waals surface area (Å²) in [6.45, 7) is 5.89. The fourth-order valence-electron chi connectivity index (χ4n) is 2.28. The van der Waals surface area contributed by atoms with E-state index in [9.17, 15) is 9.59 Å². The van der Waals surface area contributed by atoms with Gasteiger partial charge in [-0.3, -0.25) is 0 Å². The van der Waals surface area contributed by atoms with Gasteiger partial charge in [0, 0.05) is 0 Å².